The molecule has 1 aliphatic rings. The lowest BCUT2D eigenvalue weighted by Crippen LogP contribution is -2.58. The van der Waals surface area contributed by atoms with Gasteiger partial charge in [-0.25, -0.2) is 4.79 Å². The average Bonchev–Trinajstić information content (AvgIpc) is 2.47. The molecule has 0 aliphatic heterocycles. The van der Waals surface area contributed by atoms with E-state index in [2.05, 4.69) is 5.32 Å². The van der Waals surface area contributed by atoms with Gasteiger partial charge in [0.1, 0.15) is 12.1 Å². The molecule has 3 N–H and O–H groups in total. The van der Waals surface area contributed by atoms with Crippen LogP contribution in [-0.2, 0) is 16.1 Å². The molecule has 5 heteroatoms. The van der Waals surface area contributed by atoms with Gasteiger partial charge in [-0.3, -0.25) is 4.79 Å². The normalized spacial score (nSPS) is 17.2. The first kappa shape index (κ1) is 14.4. The standard InChI is InChI=1S/C15H20N2O3/c16-13(18)15(9-5-2-6-10-15)17-14(19)20-11-12-7-3-1-4-8-12/h1,3-4,7-8H,2,5-6,9-11H2,(H2,16,18)(H,17,19). The molecule has 0 aromatic heterocycles. The van der Waals surface area contributed by atoms with Gasteiger partial charge in [0.25, 0.3) is 0 Å². The predicted molar refractivity (Wildman–Crippen MR) is 74.8 cm³/mol. The van der Waals surface area contributed by atoms with E-state index >= 15 is 0 Å². The highest BCUT2D eigenvalue weighted by Gasteiger charge is 2.39. The van der Waals surface area contributed by atoms with E-state index in [1.807, 2.05) is 30.3 Å². The van der Waals surface area contributed by atoms with Crippen LogP contribution in [0.25, 0.3) is 0 Å². The summed E-state index contributed by atoms with van der Waals surface area (Å²) in [6.45, 7) is 0.182. The van der Waals surface area contributed by atoms with Gasteiger partial charge in [0.15, 0.2) is 0 Å². The highest BCUT2D eigenvalue weighted by Crippen LogP contribution is 2.28. The van der Waals surface area contributed by atoms with Crippen LogP contribution in [0.4, 0.5) is 4.79 Å². The Bertz CT molecular complexity index is 467. The van der Waals surface area contributed by atoms with Gasteiger partial charge < -0.3 is 15.8 Å². The zero-order chi connectivity index (χ0) is 14.4. The number of hydrogen-bond donors (Lipinski definition) is 2. The van der Waals surface area contributed by atoms with Crippen LogP contribution in [0.2, 0.25) is 0 Å². The molecule has 1 saturated carbocycles. The molecule has 0 heterocycles. The third-order valence-electron chi connectivity index (χ3n) is 3.73. The van der Waals surface area contributed by atoms with Crippen molar-refractivity contribution in [3.63, 3.8) is 0 Å². The van der Waals surface area contributed by atoms with E-state index in [-0.39, 0.29) is 6.61 Å². The zero-order valence-electron chi connectivity index (χ0n) is 11.4. The largest absolute Gasteiger partial charge is 0.445 e. The van der Waals surface area contributed by atoms with Crippen molar-refractivity contribution in [2.45, 2.75) is 44.2 Å². The monoisotopic (exact) mass is 276 g/mol. The summed E-state index contributed by atoms with van der Waals surface area (Å²) in [6.07, 6.45) is 3.43. The minimum absolute atomic E-state index is 0.182. The third kappa shape index (κ3) is 3.50. The number of amides is 2. The maximum Gasteiger partial charge on any atom is 0.408 e. The summed E-state index contributed by atoms with van der Waals surface area (Å²) in [4.78, 5) is 23.5. The minimum Gasteiger partial charge on any atom is -0.445 e. The highest BCUT2D eigenvalue weighted by molar-refractivity contribution is 5.88. The second-order valence-corrected chi connectivity index (χ2v) is 5.19. The van der Waals surface area contributed by atoms with Crippen LogP contribution in [0.3, 0.4) is 0 Å². The van der Waals surface area contributed by atoms with Crippen LogP contribution in [0.5, 0.6) is 0 Å². The molecular formula is C15H20N2O3. The van der Waals surface area contributed by atoms with Crippen LogP contribution in [0.1, 0.15) is 37.7 Å². The second kappa shape index (κ2) is 6.41. The van der Waals surface area contributed by atoms with Gasteiger partial charge in [0.2, 0.25) is 5.91 Å². The number of hydrogen-bond acceptors (Lipinski definition) is 3. The van der Waals surface area contributed by atoms with E-state index < -0.39 is 17.5 Å². The quantitative estimate of drug-likeness (QED) is 0.883. The second-order valence-electron chi connectivity index (χ2n) is 5.19. The Morgan fingerprint density at radius 1 is 1.15 bits per heavy atom. The molecule has 0 atom stereocenters. The molecule has 0 saturated heterocycles. The molecule has 2 amide bonds. The zero-order valence-corrected chi connectivity index (χ0v) is 11.4. The van der Waals surface area contributed by atoms with Crippen LogP contribution < -0.4 is 11.1 Å². The van der Waals surface area contributed by atoms with Gasteiger partial charge in [-0.15, -0.1) is 0 Å². The number of ether oxygens (including phenoxy) is 1. The molecule has 0 radical (unpaired) electrons. The molecule has 1 fully saturated rings. The SMILES string of the molecule is NC(=O)C1(NC(=O)OCc2ccccc2)CCCCC1. The smallest absolute Gasteiger partial charge is 0.408 e. The van der Waals surface area contributed by atoms with Crippen LogP contribution in [-0.4, -0.2) is 17.5 Å². The first-order chi connectivity index (χ1) is 9.62. The lowest BCUT2D eigenvalue weighted by atomic mass is 9.81. The van der Waals surface area contributed by atoms with Crippen molar-refractivity contribution in [3.8, 4) is 0 Å². The number of alkyl carbamates (subject to hydrolysis) is 1. The Labute approximate surface area is 118 Å². The van der Waals surface area contributed by atoms with E-state index in [1.165, 1.54) is 0 Å². The molecule has 108 valence electrons. The molecule has 5 nitrogen and oxygen atoms in total. The number of rotatable bonds is 4. The lowest BCUT2D eigenvalue weighted by molar-refractivity contribution is -0.125. The highest BCUT2D eigenvalue weighted by atomic mass is 16.5. The van der Waals surface area contributed by atoms with Crippen molar-refractivity contribution in [1.82, 2.24) is 5.32 Å². The van der Waals surface area contributed by atoms with Crippen molar-refractivity contribution in [3.05, 3.63) is 35.9 Å². The first-order valence-corrected chi connectivity index (χ1v) is 6.91. The summed E-state index contributed by atoms with van der Waals surface area (Å²) in [5, 5.41) is 2.67. The minimum atomic E-state index is -0.938. The Morgan fingerprint density at radius 2 is 1.80 bits per heavy atom. The summed E-state index contributed by atoms with van der Waals surface area (Å²) in [5.41, 5.74) is 5.41. The fourth-order valence-electron chi connectivity index (χ4n) is 2.54. The fraction of sp³-hybridized carbons (Fsp3) is 0.467. The van der Waals surface area contributed by atoms with Crippen molar-refractivity contribution in [2.24, 2.45) is 5.73 Å². The van der Waals surface area contributed by atoms with Gasteiger partial charge >= 0.3 is 6.09 Å². The van der Waals surface area contributed by atoms with Crippen molar-refractivity contribution >= 4 is 12.0 Å². The average molecular weight is 276 g/mol. The Hall–Kier alpha value is -2.04. The van der Waals surface area contributed by atoms with Gasteiger partial charge in [-0.2, -0.15) is 0 Å². The van der Waals surface area contributed by atoms with E-state index in [1.54, 1.807) is 0 Å². The molecule has 1 aliphatic carbocycles. The maximum absolute atomic E-state index is 11.9. The van der Waals surface area contributed by atoms with E-state index in [0.29, 0.717) is 12.8 Å². The molecule has 2 rings (SSSR count). The molecule has 0 unspecified atom stereocenters. The van der Waals surface area contributed by atoms with Gasteiger partial charge in [-0.1, -0.05) is 49.6 Å². The van der Waals surface area contributed by atoms with Gasteiger partial charge in [0.05, 0.1) is 0 Å². The molecule has 20 heavy (non-hydrogen) atoms. The topological polar surface area (TPSA) is 81.4 Å². The first-order valence-electron chi connectivity index (χ1n) is 6.91. The number of carbonyl (C=O) groups is 2. The molecule has 0 bridgehead atoms. The fourth-order valence-corrected chi connectivity index (χ4v) is 2.54. The number of carbonyl (C=O) groups excluding carboxylic acids is 2. The van der Waals surface area contributed by atoms with Crippen molar-refractivity contribution in [2.75, 3.05) is 0 Å². The summed E-state index contributed by atoms with van der Waals surface area (Å²) in [7, 11) is 0. The Kier molecular flexibility index (Phi) is 4.61. The third-order valence-corrected chi connectivity index (χ3v) is 3.73. The maximum atomic E-state index is 11.9. The molecule has 1 aromatic rings. The van der Waals surface area contributed by atoms with Crippen LogP contribution in [0.15, 0.2) is 30.3 Å². The van der Waals surface area contributed by atoms with Gasteiger partial charge in [0, 0.05) is 0 Å². The predicted octanol–water partition coefficient (Wildman–Crippen LogP) is 2.10. The van der Waals surface area contributed by atoms with E-state index in [4.69, 9.17) is 10.5 Å². The number of benzene rings is 1. The summed E-state index contributed by atoms with van der Waals surface area (Å²) >= 11 is 0. The lowest BCUT2D eigenvalue weighted by Gasteiger charge is -2.34. The number of nitrogens with one attached hydrogen (secondary N) is 1. The Balaban J connectivity index is 1.90. The number of primary amides is 1. The van der Waals surface area contributed by atoms with Crippen molar-refractivity contribution in [1.29, 1.82) is 0 Å². The van der Waals surface area contributed by atoms with Crippen molar-refractivity contribution < 1.29 is 14.3 Å². The molecule has 1 aromatic carbocycles. The Morgan fingerprint density at radius 3 is 2.40 bits per heavy atom. The summed E-state index contributed by atoms with van der Waals surface area (Å²) in [5.74, 6) is -0.478. The van der Waals surface area contributed by atoms with Crippen LogP contribution in [0, 0.1) is 0 Å². The number of nitrogens with two attached hydrogens (primary N) is 1. The van der Waals surface area contributed by atoms with Gasteiger partial charge in [-0.05, 0) is 18.4 Å². The van der Waals surface area contributed by atoms with E-state index in [9.17, 15) is 9.59 Å². The molecular weight excluding hydrogens is 256 g/mol. The summed E-state index contributed by atoms with van der Waals surface area (Å²) in [6, 6.07) is 9.40. The molecule has 0 spiro atoms. The van der Waals surface area contributed by atoms with E-state index in [0.717, 1.165) is 24.8 Å². The van der Waals surface area contributed by atoms with Crippen LogP contribution >= 0.6 is 0 Å². The summed E-state index contributed by atoms with van der Waals surface area (Å²) < 4.78 is 5.15.